The summed E-state index contributed by atoms with van der Waals surface area (Å²) in [6.45, 7) is 3.68. The number of amides is 1. The van der Waals surface area contributed by atoms with E-state index >= 15 is 0 Å². The number of benzene rings is 1. The topological polar surface area (TPSA) is 76.4 Å². The molecule has 1 unspecified atom stereocenters. The molecule has 2 fully saturated rings. The zero-order valence-corrected chi connectivity index (χ0v) is 16.4. The zero-order valence-electron chi connectivity index (χ0n) is 16.4. The van der Waals surface area contributed by atoms with Crippen LogP contribution in [0.4, 0.5) is 0 Å². The molecule has 0 radical (unpaired) electrons. The third-order valence-electron chi connectivity index (χ3n) is 6.18. The minimum atomic E-state index is -0.378. The Hall–Kier alpha value is -2.32. The summed E-state index contributed by atoms with van der Waals surface area (Å²) in [6, 6.07) is 10.8. The van der Waals surface area contributed by atoms with E-state index in [-0.39, 0.29) is 11.4 Å². The zero-order chi connectivity index (χ0) is 19.4. The molecule has 1 aromatic heterocycles. The van der Waals surface area contributed by atoms with E-state index in [0.29, 0.717) is 25.7 Å². The fraction of sp³-hybridized carbons (Fsp3) is 0.600. The van der Waals surface area contributed by atoms with E-state index in [2.05, 4.69) is 51.7 Å². The van der Waals surface area contributed by atoms with Crippen LogP contribution in [-0.2, 0) is 21.5 Å². The molecular formula is C20H28N6O2. The van der Waals surface area contributed by atoms with Crippen molar-refractivity contribution in [2.45, 2.75) is 37.3 Å². The molecule has 3 heterocycles. The maximum absolute atomic E-state index is 13.3. The smallest absolute Gasteiger partial charge is 0.225 e. The molecule has 0 spiro atoms. The number of carbonyl (C=O) groups is 1. The van der Waals surface area contributed by atoms with Gasteiger partial charge in [0.2, 0.25) is 5.91 Å². The van der Waals surface area contributed by atoms with Crippen LogP contribution in [0.2, 0.25) is 0 Å². The second-order valence-corrected chi connectivity index (χ2v) is 7.93. The molecule has 1 atom stereocenters. The van der Waals surface area contributed by atoms with Gasteiger partial charge in [0.25, 0.3) is 0 Å². The van der Waals surface area contributed by atoms with Gasteiger partial charge in [-0.05, 0) is 42.3 Å². The van der Waals surface area contributed by atoms with Crippen molar-refractivity contribution in [3.63, 3.8) is 0 Å². The summed E-state index contributed by atoms with van der Waals surface area (Å²) in [5, 5.41) is 11.7. The van der Waals surface area contributed by atoms with Gasteiger partial charge < -0.3 is 9.64 Å². The molecule has 0 saturated carbocycles. The van der Waals surface area contributed by atoms with Crippen LogP contribution in [0.3, 0.4) is 0 Å². The molecule has 2 saturated heterocycles. The van der Waals surface area contributed by atoms with Crippen LogP contribution < -0.4 is 0 Å². The van der Waals surface area contributed by atoms with Crippen LogP contribution >= 0.6 is 0 Å². The summed E-state index contributed by atoms with van der Waals surface area (Å²) in [5.74, 6) is 0.184. The highest BCUT2D eigenvalue weighted by atomic mass is 16.5. The molecule has 0 bridgehead atoms. The molecule has 0 aliphatic carbocycles. The first-order valence-corrected chi connectivity index (χ1v) is 9.99. The van der Waals surface area contributed by atoms with Gasteiger partial charge in [0.05, 0.1) is 12.0 Å². The van der Waals surface area contributed by atoms with Gasteiger partial charge in [-0.25, -0.2) is 4.68 Å². The summed E-state index contributed by atoms with van der Waals surface area (Å²) < 4.78 is 7.30. The largest absolute Gasteiger partial charge is 0.381 e. The highest BCUT2D eigenvalue weighted by Gasteiger charge is 2.40. The van der Waals surface area contributed by atoms with E-state index < -0.39 is 0 Å². The molecule has 2 aromatic rings. The van der Waals surface area contributed by atoms with E-state index in [1.165, 1.54) is 5.56 Å². The normalized spacial score (nSPS) is 22.9. The van der Waals surface area contributed by atoms with Crippen LogP contribution in [0.15, 0.2) is 36.7 Å². The maximum atomic E-state index is 13.3. The number of nitrogens with zero attached hydrogens (tertiary/aromatic N) is 6. The Bertz CT molecular complexity index is 760. The summed E-state index contributed by atoms with van der Waals surface area (Å²) in [4.78, 5) is 17.6. The van der Waals surface area contributed by atoms with Gasteiger partial charge in [0.15, 0.2) is 0 Å². The van der Waals surface area contributed by atoms with E-state index in [0.717, 1.165) is 38.9 Å². The Morgan fingerprint density at radius 1 is 1.21 bits per heavy atom. The fourth-order valence-corrected chi connectivity index (χ4v) is 4.29. The van der Waals surface area contributed by atoms with Gasteiger partial charge in [-0.1, -0.05) is 30.3 Å². The number of tetrazole rings is 1. The van der Waals surface area contributed by atoms with E-state index in [9.17, 15) is 4.79 Å². The second-order valence-electron chi connectivity index (χ2n) is 7.93. The number of ether oxygens (including phenoxy) is 1. The fourth-order valence-electron chi connectivity index (χ4n) is 4.29. The first kappa shape index (κ1) is 19.0. The minimum absolute atomic E-state index is 0.184. The van der Waals surface area contributed by atoms with Gasteiger partial charge in [-0.3, -0.25) is 9.69 Å². The Morgan fingerprint density at radius 2 is 2.00 bits per heavy atom. The maximum Gasteiger partial charge on any atom is 0.225 e. The molecule has 8 heteroatoms. The van der Waals surface area contributed by atoms with Crippen LogP contribution in [0.25, 0.3) is 0 Å². The predicted molar refractivity (Wildman–Crippen MR) is 104 cm³/mol. The third kappa shape index (κ3) is 4.07. The Labute approximate surface area is 165 Å². The number of rotatable bonds is 5. The number of hydrogen-bond acceptors (Lipinski definition) is 6. The van der Waals surface area contributed by atoms with Gasteiger partial charge >= 0.3 is 0 Å². The van der Waals surface area contributed by atoms with Crippen molar-refractivity contribution in [2.75, 3.05) is 39.9 Å². The Morgan fingerprint density at radius 3 is 2.71 bits per heavy atom. The van der Waals surface area contributed by atoms with Crippen LogP contribution in [0, 0.1) is 0 Å². The van der Waals surface area contributed by atoms with Crippen molar-refractivity contribution in [2.24, 2.45) is 0 Å². The van der Waals surface area contributed by atoms with Gasteiger partial charge in [-0.2, -0.15) is 0 Å². The molecule has 150 valence electrons. The summed E-state index contributed by atoms with van der Waals surface area (Å²) in [5.41, 5.74) is 0.931. The summed E-state index contributed by atoms with van der Waals surface area (Å²) in [6.07, 6.45) is 4.51. The van der Waals surface area contributed by atoms with Gasteiger partial charge in [0, 0.05) is 38.9 Å². The van der Waals surface area contributed by atoms with Gasteiger partial charge in [-0.15, -0.1) is 5.10 Å². The number of piperazine rings is 1. The minimum Gasteiger partial charge on any atom is -0.381 e. The predicted octanol–water partition coefficient (Wildman–Crippen LogP) is 0.954. The quantitative estimate of drug-likeness (QED) is 0.764. The van der Waals surface area contributed by atoms with Crippen molar-refractivity contribution in [3.8, 4) is 0 Å². The van der Waals surface area contributed by atoms with Crippen molar-refractivity contribution in [3.05, 3.63) is 42.2 Å². The third-order valence-corrected chi connectivity index (χ3v) is 6.18. The highest BCUT2D eigenvalue weighted by Crippen LogP contribution is 2.32. The lowest BCUT2D eigenvalue weighted by molar-refractivity contribution is -0.138. The first-order valence-electron chi connectivity index (χ1n) is 9.99. The monoisotopic (exact) mass is 384 g/mol. The Kier molecular flexibility index (Phi) is 5.68. The molecule has 8 nitrogen and oxygen atoms in total. The number of likely N-dealkylation sites (N-methyl/N-ethyl adjacent to an activating group) is 1. The van der Waals surface area contributed by atoms with Crippen molar-refractivity contribution < 1.29 is 9.53 Å². The van der Waals surface area contributed by atoms with Gasteiger partial charge in [0.1, 0.15) is 6.33 Å². The molecule has 1 amide bonds. The van der Waals surface area contributed by atoms with Crippen molar-refractivity contribution >= 4 is 5.91 Å². The first-order chi connectivity index (χ1) is 13.7. The lowest BCUT2D eigenvalue weighted by atomic mass is 9.86. The van der Waals surface area contributed by atoms with Crippen LogP contribution in [0.5, 0.6) is 0 Å². The molecular weight excluding hydrogens is 356 g/mol. The number of aromatic nitrogens is 4. The van der Waals surface area contributed by atoms with Crippen molar-refractivity contribution in [1.82, 2.24) is 30.0 Å². The van der Waals surface area contributed by atoms with E-state index in [1.54, 1.807) is 11.0 Å². The molecule has 2 aliphatic rings. The second kappa shape index (κ2) is 8.36. The molecule has 4 rings (SSSR count). The van der Waals surface area contributed by atoms with E-state index in [1.807, 2.05) is 11.0 Å². The SMILES string of the molecule is CN1CCN(C(=O)CC2(n3cnnn3)CCOCC2)CC1Cc1ccccc1. The average Bonchev–Trinajstić information content (AvgIpc) is 3.27. The average molecular weight is 384 g/mol. The lowest BCUT2D eigenvalue weighted by Gasteiger charge is -2.42. The van der Waals surface area contributed by atoms with Crippen molar-refractivity contribution in [1.29, 1.82) is 0 Å². The Balaban J connectivity index is 1.45. The number of hydrogen-bond donors (Lipinski definition) is 0. The standard InChI is InChI=1S/C20H28N6O2/c1-24-9-10-25(15-18(24)13-17-5-3-2-4-6-17)19(27)14-20(7-11-28-12-8-20)26-16-21-22-23-26/h2-6,16,18H,7-15H2,1H3. The molecule has 0 N–H and O–H groups in total. The van der Waals surface area contributed by atoms with Crippen LogP contribution in [-0.4, -0.2) is 81.9 Å². The summed E-state index contributed by atoms with van der Waals surface area (Å²) >= 11 is 0. The molecule has 1 aromatic carbocycles. The van der Waals surface area contributed by atoms with Crippen LogP contribution in [0.1, 0.15) is 24.8 Å². The molecule has 2 aliphatic heterocycles. The lowest BCUT2D eigenvalue weighted by Crippen LogP contribution is -2.55. The molecule has 28 heavy (non-hydrogen) atoms. The highest BCUT2D eigenvalue weighted by molar-refractivity contribution is 5.77. The van der Waals surface area contributed by atoms with E-state index in [4.69, 9.17) is 4.74 Å². The summed E-state index contributed by atoms with van der Waals surface area (Å²) in [7, 11) is 2.15. The number of carbonyl (C=O) groups excluding carboxylic acids is 1.